The lowest BCUT2D eigenvalue weighted by Crippen LogP contribution is -2.36. The van der Waals surface area contributed by atoms with E-state index in [1.807, 2.05) is 0 Å². The van der Waals surface area contributed by atoms with E-state index < -0.39 is 0 Å². The van der Waals surface area contributed by atoms with Crippen molar-refractivity contribution in [2.75, 3.05) is 26.7 Å². The van der Waals surface area contributed by atoms with Crippen molar-refractivity contribution in [3.8, 4) is 0 Å². The average molecular weight is 196 g/mol. The molecule has 1 N–H and O–H groups in total. The van der Waals surface area contributed by atoms with Crippen LogP contribution in [0.3, 0.4) is 0 Å². The van der Waals surface area contributed by atoms with Crippen molar-refractivity contribution in [3.63, 3.8) is 0 Å². The molecule has 2 heteroatoms. The van der Waals surface area contributed by atoms with E-state index in [1.54, 1.807) is 0 Å². The Hall–Kier alpha value is -0.0800. The molecule has 1 aliphatic heterocycles. The molecule has 2 aliphatic rings. The van der Waals surface area contributed by atoms with E-state index >= 15 is 0 Å². The number of hydrogen-bond acceptors (Lipinski definition) is 2. The van der Waals surface area contributed by atoms with Crippen LogP contribution in [-0.2, 0) is 0 Å². The predicted octanol–water partition coefficient (Wildman–Crippen LogP) is 1.86. The Morgan fingerprint density at radius 3 is 2.71 bits per heavy atom. The highest BCUT2D eigenvalue weighted by Crippen LogP contribution is 2.34. The quantitative estimate of drug-likeness (QED) is 0.741. The zero-order valence-electron chi connectivity index (χ0n) is 9.68. The van der Waals surface area contributed by atoms with Gasteiger partial charge in [-0.05, 0) is 38.3 Å². The van der Waals surface area contributed by atoms with E-state index in [2.05, 4.69) is 24.2 Å². The second-order valence-corrected chi connectivity index (χ2v) is 5.50. The van der Waals surface area contributed by atoms with Gasteiger partial charge in [-0.25, -0.2) is 0 Å². The van der Waals surface area contributed by atoms with E-state index in [4.69, 9.17) is 0 Å². The lowest BCUT2D eigenvalue weighted by molar-refractivity contribution is 0.211. The maximum Gasteiger partial charge on any atom is 0.00955 e. The summed E-state index contributed by atoms with van der Waals surface area (Å²) in [5.74, 6) is 0. The molecule has 14 heavy (non-hydrogen) atoms. The monoisotopic (exact) mass is 196 g/mol. The Bertz CT molecular complexity index is 187. The Morgan fingerprint density at radius 1 is 1.36 bits per heavy atom. The lowest BCUT2D eigenvalue weighted by atomic mass is 9.90. The summed E-state index contributed by atoms with van der Waals surface area (Å²) in [7, 11) is 2.07. The third kappa shape index (κ3) is 2.12. The standard InChI is InChI=1S/C12H24N2/c1-12(9-13-2)7-8-14(10-12)11-5-3-4-6-11/h11,13H,3-10H2,1-2H3. The van der Waals surface area contributed by atoms with Gasteiger partial charge in [0.15, 0.2) is 0 Å². The maximum atomic E-state index is 3.33. The molecule has 0 amide bonds. The molecule has 2 fully saturated rings. The smallest absolute Gasteiger partial charge is 0.00955 e. The minimum Gasteiger partial charge on any atom is -0.319 e. The third-order valence-electron chi connectivity index (χ3n) is 4.03. The third-order valence-corrected chi connectivity index (χ3v) is 4.03. The molecule has 1 atom stereocenters. The van der Waals surface area contributed by atoms with Gasteiger partial charge in [0.05, 0.1) is 0 Å². The Labute approximate surface area is 88.1 Å². The molecule has 0 aromatic heterocycles. The molecular formula is C12H24N2. The van der Waals surface area contributed by atoms with Crippen LogP contribution in [0.25, 0.3) is 0 Å². The van der Waals surface area contributed by atoms with Crippen LogP contribution in [0, 0.1) is 5.41 Å². The number of nitrogens with zero attached hydrogens (tertiary/aromatic N) is 1. The zero-order chi connectivity index (χ0) is 10.0. The highest BCUT2D eigenvalue weighted by Gasteiger charge is 2.36. The van der Waals surface area contributed by atoms with Gasteiger partial charge in [-0.2, -0.15) is 0 Å². The van der Waals surface area contributed by atoms with E-state index in [0.29, 0.717) is 5.41 Å². The van der Waals surface area contributed by atoms with Gasteiger partial charge in [0.1, 0.15) is 0 Å². The summed E-state index contributed by atoms with van der Waals surface area (Å²) in [6.45, 7) is 6.26. The first kappa shape index (κ1) is 10.4. The molecule has 2 nitrogen and oxygen atoms in total. The maximum absolute atomic E-state index is 3.33. The predicted molar refractivity (Wildman–Crippen MR) is 60.5 cm³/mol. The van der Waals surface area contributed by atoms with Crippen LogP contribution in [0.15, 0.2) is 0 Å². The van der Waals surface area contributed by atoms with Crippen molar-refractivity contribution in [2.45, 2.75) is 45.1 Å². The molecule has 0 aromatic rings. The highest BCUT2D eigenvalue weighted by atomic mass is 15.2. The first-order chi connectivity index (χ1) is 6.73. The summed E-state index contributed by atoms with van der Waals surface area (Å²) in [5, 5.41) is 3.33. The fraction of sp³-hybridized carbons (Fsp3) is 1.00. The van der Waals surface area contributed by atoms with Gasteiger partial charge in [0.2, 0.25) is 0 Å². The van der Waals surface area contributed by atoms with E-state index in [0.717, 1.165) is 6.04 Å². The van der Waals surface area contributed by atoms with Crippen LogP contribution in [0.4, 0.5) is 0 Å². The van der Waals surface area contributed by atoms with Crippen molar-refractivity contribution < 1.29 is 0 Å². The summed E-state index contributed by atoms with van der Waals surface area (Å²) in [4.78, 5) is 2.74. The number of likely N-dealkylation sites (tertiary alicyclic amines) is 1. The molecule has 0 aromatic carbocycles. The molecule has 1 saturated carbocycles. The minimum atomic E-state index is 0.539. The highest BCUT2D eigenvalue weighted by molar-refractivity contribution is 4.91. The molecule has 1 saturated heterocycles. The first-order valence-electron chi connectivity index (χ1n) is 6.12. The van der Waals surface area contributed by atoms with E-state index in [-0.39, 0.29) is 0 Å². The van der Waals surface area contributed by atoms with Crippen molar-refractivity contribution in [1.29, 1.82) is 0 Å². The summed E-state index contributed by atoms with van der Waals surface area (Å²) >= 11 is 0. The number of nitrogens with one attached hydrogen (secondary N) is 1. The summed E-state index contributed by atoms with van der Waals surface area (Å²) in [6, 6.07) is 0.925. The fourth-order valence-electron chi connectivity index (χ4n) is 3.21. The molecule has 2 rings (SSSR count). The molecule has 82 valence electrons. The number of rotatable bonds is 3. The van der Waals surface area contributed by atoms with Gasteiger partial charge in [0, 0.05) is 19.1 Å². The lowest BCUT2D eigenvalue weighted by Gasteiger charge is -2.27. The second kappa shape index (κ2) is 4.19. The van der Waals surface area contributed by atoms with Crippen LogP contribution in [-0.4, -0.2) is 37.6 Å². The molecular weight excluding hydrogens is 172 g/mol. The fourth-order valence-corrected chi connectivity index (χ4v) is 3.21. The Balaban J connectivity index is 1.86. The Morgan fingerprint density at radius 2 is 2.07 bits per heavy atom. The van der Waals surface area contributed by atoms with Gasteiger partial charge in [-0.1, -0.05) is 19.8 Å². The van der Waals surface area contributed by atoms with Crippen molar-refractivity contribution in [3.05, 3.63) is 0 Å². The molecule has 1 unspecified atom stereocenters. The average Bonchev–Trinajstić information content (AvgIpc) is 2.73. The van der Waals surface area contributed by atoms with Crippen molar-refractivity contribution in [1.82, 2.24) is 10.2 Å². The number of hydrogen-bond donors (Lipinski definition) is 1. The molecule has 0 radical (unpaired) electrons. The molecule has 0 spiro atoms. The van der Waals surface area contributed by atoms with Crippen molar-refractivity contribution >= 4 is 0 Å². The van der Waals surface area contributed by atoms with Gasteiger partial charge in [-0.3, -0.25) is 4.90 Å². The second-order valence-electron chi connectivity index (χ2n) is 5.50. The molecule has 0 bridgehead atoms. The van der Waals surface area contributed by atoms with Crippen LogP contribution < -0.4 is 5.32 Å². The topological polar surface area (TPSA) is 15.3 Å². The van der Waals surface area contributed by atoms with Crippen molar-refractivity contribution in [2.24, 2.45) is 5.41 Å². The van der Waals surface area contributed by atoms with Gasteiger partial charge in [0.25, 0.3) is 0 Å². The van der Waals surface area contributed by atoms with Gasteiger partial charge in [-0.15, -0.1) is 0 Å². The zero-order valence-corrected chi connectivity index (χ0v) is 9.68. The summed E-state index contributed by atoms with van der Waals surface area (Å²) in [6.07, 6.45) is 7.21. The van der Waals surface area contributed by atoms with Crippen LogP contribution in [0.5, 0.6) is 0 Å². The molecule has 1 aliphatic carbocycles. The normalized spacial score (nSPS) is 35.6. The van der Waals surface area contributed by atoms with Crippen LogP contribution in [0.1, 0.15) is 39.0 Å². The van der Waals surface area contributed by atoms with Gasteiger partial charge >= 0.3 is 0 Å². The molecule has 1 heterocycles. The Kier molecular flexibility index (Phi) is 3.13. The summed E-state index contributed by atoms with van der Waals surface area (Å²) in [5.41, 5.74) is 0.539. The van der Waals surface area contributed by atoms with E-state index in [1.165, 1.54) is 51.7 Å². The SMILES string of the molecule is CNCC1(C)CCN(C2CCCC2)C1. The van der Waals surface area contributed by atoms with E-state index in [9.17, 15) is 0 Å². The largest absolute Gasteiger partial charge is 0.319 e. The first-order valence-corrected chi connectivity index (χ1v) is 6.12. The summed E-state index contributed by atoms with van der Waals surface area (Å²) < 4.78 is 0. The van der Waals surface area contributed by atoms with Crippen LogP contribution in [0.2, 0.25) is 0 Å². The minimum absolute atomic E-state index is 0.539. The van der Waals surface area contributed by atoms with Gasteiger partial charge < -0.3 is 5.32 Å². The van der Waals surface area contributed by atoms with Crippen LogP contribution >= 0.6 is 0 Å².